The van der Waals surface area contributed by atoms with Crippen molar-refractivity contribution in [2.45, 2.75) is 90.6 Å². The van der Waals surface area contributed by atoms with Crippen molar-refractivity contribution >= 4 is 22.9 Å². The Morgan fingerprint density at radius 3 is 0.862 bits per heavy atom. The minimum Gasteiger partial charge on any atom is -0.491 e. The number of ether oxygens (including phenoxy) is 6. The Labute approximate surface area is 342 Å². The van der Waals surface area contributed by atoms with E-state index in [1.165, 1.54) is 0 Å². The highest BCUT2D eigenvalue weighted by Crippen LogP contribution is 2.43. The maximum atomic E-state index is 6.92. The lowest BCUT2D eigenvalue weighted by Gasteiger charge is -2.36. The molecule has 2 aliphatic heterocycles. The van der Waals surface area contributed by atoms with Crippen LogP contribution in [0, 0.1) is 0 Å². The van der Waals surface area contributed by atoms with E-state index in [0.29, 0.717) is 13.2 Å². The normalized spacial score (nSPS) is 15.2. The summed E-state index contributed by atoms with van der Waals surface area (Å²) in [5, 5.41) is 4.11. The summed E-state index contributed by atoms with van der Waals surface area (Å²) in [7, 11) is 0. The molecule has 2 heterocycles. The highest BCUT2D eigenvalue weighted by Gasteiger charge is 2.38. The Bertz CT molecular complexity index is 2210. The molecular weight excluding hydrogens is 721 g/mol. The molecule has 0 spiro atoms. The van der Waals surface area contributed by atoms with Gasteiger partial charge in [-0.25, -0.2) is 0 Å². The maximum Gasteiger partial charge on any atom is 0.134 e. The zero-order valence-corrected chi connectivity index (χ0v) is 34.9. The molecule has 0 N–H and O–H groups in total. The zero-order valence-electron chi connectivity index (χ0n) is 34.9. The van der Waals surface area contributed by atoms with Gasteiger partial charge in [-0.2, -0.15) is 0 Å². The number of rotatable bonds is 12. The van der Waals surface area contributed by atoms with Gasteiger partial charge in [0.1, 0.15) is 47.7 Å². The van der Waals surface area contributed by atoms with Crippen molar-refractivity contribution in [2.75, 3.05) is 13.2 Å². The van der Waals surface area contributed by atoms with Crippen molar-refractivity contribution in [1.82, 2.24) is 0 Å². The van der Waals surface area contributed by atoms with Crippen LogP contribution in [0.2, 0.25) is 0 Å². The van der Waals surface area contributed by atoms with Gasteiger partial charge in [-0.3, -0.25) is 0 Å². The molecule has 2 aliphatic rings. The number of hydrogen-bond acceptors (Lipinski definition) is 6. The highest BCUT2D eigenvalue weighted by molar-refractivity contribution is 5.95. The van der Waals surface area contributed by atoms with Crippen LogP contribution in [-0.2, 0) is 10.8 Å². The molecule has 6 aromatic carbocycles. The maximum absolute atomic E-state index is 6.92. The molecule has 0 amide bonds. The third-order valence-corrected chi connectivity index (χ3v) is 10.8. The van der Waals surface area contributed by atoms with E-state index < -0.39 is 10.8 Å². The minimum atomic E-state index is -0.545. The fraction of sp³-hybridized carbons (Fsp3) is 0.308. The average molecular weight is 775 g/mol. The molecule has 0 atom stereocenters. The van der Waals surface area contributed by atoms with E-state index in [0.717, 1.165) is 78.0 Å². The minimum absolute atomic E-state index is 0.0919. The lowest BCUT2D eigenvalue weighted by Crippen LogP contribution is -2.39. The molecule has 58 heavy (non-hydrogen) atoms. The van der Waals surface area contributed by atoms with Crippen LogP contribution in [0.5, 0.6) is 34.5 Å². The summed E-state index contributed by atoms with van der Waals surface area (Å²) in [5.41, 5.74) is 3.41. The SMILES string of the molecule is CC(C)Oc1ccc(C2(c3ccc(OC(C)C)cc3)C=c3ccc4c5c(ccc4c3OC2)=CC(c2ccc(OC(C)C)cc2)(c2ccc(OC(C)C)cc2)CO5)cc1. The fourth-order valence-electron chi connectivity index (χ4n) is 8.33. The Kier molecular flexibility index (Phi) is 10.6. The largest absolute Gasteiger partial charge is 0.491 e. The second kappa shape index (κ2) is 15.8. The lowest BCUT2D eigenvalue weighted by atomic mass is 9.73. The highest BCUT2D eigenvalue weighted by atomic mass is 16.5. The van der Waals surface area contributed by atoms with Crippen LogP contribution in [0.4, 0.5) is 0 Å². The Morgan fingerprint density at radius 1 is 0.362 bits per heavy atom. The monoisotopic (exact) mass is 774 g/mol. The van der Waals surface area contributed by atoms with Crippen LogP contribution in [0.1, 0.15) is 77.6 Å². The summed E-state index contributed by atoms with van der Waals surface area (Å²) < 4.78 is 37.9. The quantitative estimate of drug-likeness (QED) is 0.123. The van der Waals surface area contributed by atoms with Gasteiger partial charge in [0.25, 0.3) is 0 Å². The molecule has 0 saturated carbocycles. The molecule has 0 radical (unpaired) electrons. The Balaban J connectivity index is 1.24. The second-order valence-corrected chi connectivity index (χ2v) is 16.6. The number of hydrogen-bond donors (Lipinski definition) is 0. The third kappa shape index (κ3) is 7.60. The molecule has 0 aromatic heterocycles. The average Bonchev–Trinajstić information content (AvgIpc) is 3.20. The van der Waals surface area contributed by atoms with Gasteiger partial charge in [0.2, 0.25) is 0 Å². The molecule has 0 aliphatic carbocycles. The van der Waals surface area contributed by atoms with Gasteiger partial charge < -0.3 is 28.4 Å². The molecule has 0 fully saturated rings. The van der Waals surface area contributed by atoms with Crippen LogP contribution < -0.4 is 38.9 Å². The molecule has 6 nitrogen and oxygen atoms in total. The molecule has 0 bridgehead atoms. The summed E-state index contributed by atoms with van der Waals surface area (Å²) >= 11 is 0. The predicted octanol–water partition coefficient (Wildman–Crippen LogP) is 10.3. The number of fused-ring (bicyclic) bond motifs is 5. The topological polar surface area (TPSA) is 55.4 Å². The van der Waals surface area contributed by atoms with Gasteiger partial charge in [0.05, 0.1) is 35.2 Å². The Morgan fingerprint density at radius 2 is 0.621 bits per heavy atom. The van der Waals surface area contributed by atoms with Gasteiger partial charge in [-0.15, -0.1) is 0 Å². The van der Waals surface area contributed by atoms with Gasteiger partial charge in [-0.1, -0.05) is 72.8 Å². The first-order valence-electron chi connectivity index (χ1n) is 20.6. The van der Waals surface area contributed by atoms with E-state index in [-0.39, 0.29) is 24.4 Å². The van der Waals surface area contributed by atoms with Crippen LogP contribution in [-0.4, -0.2) is 37.6 Å². The molecule has 0 unspecified atom stereocenters. The van der Waals surface area contributed by atoms with Crippen LogP contribution in [0.15, 0.2) is 121 Å². The van der Waals surface area contributed by atoms with Crippen molar-refractivity contribution in [2.24, 2.45) is 0 Å². The van der Waals surface area contributed by atoms with Crippen LogP contribution in [0.25, 0.3) is 22.9 Å². The van der Waals surface area contributed by atoms with Crippen molar-refractivity contribution in [3.05, 3.63) is 154 Å². The predicted molar refractivity (Wildman–Crippen MR) is 234 cm³/mol. The summed E-state index contributed by atoms with van der Waals surface area (Å²) in [6, 6.07) is 42.4. The molecule has 8 rings (SSSR count). The summed E-state index contributed by atoms with van der Waals surface area (Å²) in [6.07, 6.45) is 5.09. The van der Waals surface area contributed by atoms with E-state index in [1.54, 1.807) is 0 Å². The van der Waals surface area contributed by atoms with E-state index in [2.05, 4.69) is 133 Å². The molecule has 0 saturated heterocycles. The molecule has 6 aromatic rings. The van der Waals surface area contributed by atoms with Gasteiger partial charge in [-0.05, 0) is 138 Å². The molecular formula is C52H54O6. The summed E-state index contributed by atoms with van der Waals surface area (Å²) in [6.45, 7) is 17.2. The third-order valence-electron chi connectivity index (χ3n) is 10.8. The van der Waals surface area contributed by atoms with E-state index in [9.17, 15) is 0 Å². The van der Waals surface area contributed by atoms with Crippen molar-refractivity contribution in [3.8, 4) is 34.5 Å². The van der Waals surface area contributed by atoms with Crippen molar-refractivity contribution in [3.63, 3.8) is 0 Å². The van der Waals surface area contributed by atoms with Gasteiger partial charge in [0.15, 0.2) is 0 Å². The summed E-state index contributed by atoms with van der Waals surface area (Å²) in [5.74, 6) is 5.10. The smallest absolute Gasteiger partial charge is 0.134 e. The Hall–Kier alpha value is -5.88. The van der Waals surface area contributed by atoms with Crippen LogP contribution >= 0.6 is 0 Å². The fourth-order valence-corrected chi connectivity index (χ4v) is 8.33. The van der Waals surface area contributed by atoms with Crippen LogP contribution in [0.3, 0.4) is 0 Å². The molecule has 6 heteroatoms. The lowest BCUT2D eigenvalue weighted by molar-refractivity contribution is 0.241. The molecule has 298 valence electrons. The van der Waals surface area contributed by atoms with Crippen molar-refractivity contribution in [1.29, 1.82) is 0 Å². The first-order chi connectivity index (χ1) is 27.9. The van der Waals surface area contributed by atoms with E-state index in [1.807, 2.05) is 55.4 Å². The first kappa shape index (κ1) is 39.0. The van der Waals surface area contributed by atoms with E-state index in [4.69, 9.17) is 28.4 Å². The zero-order chi connectivity index (χ0) is 40.6. The van der Waals surface area contributed by atoms with Crippen molar-refractivity contribution < 1.29 is 28.4 Å². The first-order valence-corrected chi connectivity index (χ1v) is 20.6. The number of benzene rings is 6. The second-order valence-electron chi connectivity index (χ2n) is 16.6. The van der Waals surface area contributed by atoms with E-state index >= 15 is 0 Å². The standard InChI is InChI=1S/C52H54O6/c1-33(2)55-43-19-11-39(12-20-43)51(40-13-21-44(22-14-40)56-34(3)4)29-37-9-27-48-47(49(37)53-31-51)28-10-38-30-52(32-54-50(38)48,41-15-23-45(24-16-41)57-35(5)6)42-17-25-46(26-18-42)58-36(7)8/h9-30,33-36H,31-32H2,1-8H3. The summed E-state index contributed by atoms with van der Waals surface area (Å²) in [4.78, 5) is 0. The van der Waals surface area contributed by atoms with Gasteiger partial charge in [0, 0.05) is 21.2 Å². The van der Waals surface area contributed by atoms with Gasteiger partial charge >= 0.3 is 0 Å².